The van der Waals surface area contributed by atoms with Crippen LogP contribution >= 0.6 is 11.6 Å². The van der Waals surface area contributed by atoms with Crippen LogP contribution in [0.15, 0.2) is 78.0 Å². The van der Waals surface area contributed by atoms with Crippen LogP contribution in [0.25, 0.3) is 33.4 Å². The first-order valence-electron chi connectivity index (χ1n) is 11.6. The predicted octanol–water partition coefficient (Wildman–Crippen LogP) is 3.87. The SMILES string of the molecule is CNC(=O)Cn1cc(-c2nc(NCc3cccc(Cl)c3)c3cc(-c4ccc(=O)n(C)c4)ccc3n2)cn1. The molecular weight excluding hydrogens is 490 g/mol. The molecule has 3 aromatic heterocycles. The number of amides is 1. The summed E-state index contributed by atoms with van der Waals surface area (Å²) in [6.07, 6.45) is 5.19. The highest BCUT2D eigenvalue weighted by atomic mass is 35.5. The standard InChI is InChI=1S/C27H24ClN7O2/c1-29-24(36)16-35-15-20(13-31-35)26-32-23-8-6-18(19-7-9-25(37)34(2)14-19)11-22(23)27(33-26)30-12-17-4-3-5-21(28)10-17/h3-11,13-15H,12,16H2,1-2H3,(H,29,36)(H,30,32,33). The molecule has 0 aliphatic rings. The number of anilines is 1. The first-order valence-corrected chi connectivity index (χ1v) is 12.0. The molecule has 186 valence electrons. The van der Waals surface area contributed by atoms with E-state index < -0.39 is 0 Å². The molecule has 0 fully saturated rings. The van der Waals surface area contributed by atoms with Gasteiger partial charge in [-0.2, -0.15) is 5.10 Å². The Hall–Kier alpha value is -4.50. The maximum Gasteiger partial charge on any atom is 0.250 e. The summed E-state index contributed by atoms with van der Waals surface area (Å²) in [6.45, 7) is 0.610. The Kier molecular flexibility index (Phi) is 6.70. The minimum Gasteiger partial charge on any atom is -0.365 e. The molecule has 0 bridgehead atoms. The molecule has 9 nitrogen and oxygen atoms in total. The average molecular weight is 514 g/mol. The third-order valence-electron chi connectivity index (χ3n) is 5.94. The number of halogens is 1. The molecule has 0 atom stereocenters. The molecule has 10 heteroatoms. The summed E-state index contributed by atoms with van der Waals surface area (Å²) >= 11 is 6.17. The summed E-state index contributed by atoms with van der Waals surface area (Å²) in [6, 6.07) is 16.9. The zero-order valence-corrected chi connectivity index (χ0v) is 21.0. The molecule has 37 heavy (non-hydrogen) atoms. The largest absolute Gasteiger partial charge is 0.365 e. The van der Waals surface area contributed by atoms with Gasteiger partial charge >= 0.3 is 0 Å². The lowest BCUT2D eigenvalue weighted by Gasteiger charge is -2.12. The number of hydrogen-bond donors (Lipinski definition) is 2. The highest BCUT2D eigenvalue weighted by Gasteiger charge is 2.14. The number of nitrogens with zero attached hydrogens (tertiary/aromatic N) is 5. The lowest BCUT2D eigenvalue weighted by molar-refractivity contribution is -0.121. The fourth-order valence-corrected chi connectivity index (χ4v) is 4.17. The molecule has 3 heterocycles. The van der Waals surface area contributed by atoms with Crippen molar-refractivity contribution < 1.29 is 4.79 Å². The van der Waals surface area contributed by atoms with Crippen LogP contribution in [0.4, 0.5) is 5.82 Å². The van der Waals surface area contributed by atoms with Gasteiger partial charge in [-0.1, -0.05) is 29.8 Å². The molecule has 0 aliphatic heterocycles. The number of carbonyl (C=O) groups excluding carboxylic acids is 1. The highest BCUT2D eigenvalue weighted by Crippen LogP contribution is 2.30. The molecular formula is C27H24ClN7O2. The van der Waals surface area contributed by atoms with E-state index in [1.807, 2.05) is 42.5 Å². The van der Waals surface area contributed by atoms with E-state index in [-0.39, 0.29) is 18.0 Å². The van der Waals surface area contributed by atoms with Crippen molar-refractivity contribution in [2.45, 2.75) is 13.1 Å². The van der Waals surface area contributed by atoms with Crippen molar-refractivity contribution in [2.75, 3.05) is 12.4 Å². The topological polar surface area (TPSA) is 107 Å². The summed E-state index contributed by atoms with van der Waals surface area (Å²) < 4.78 is 3.09. The van der Waals surface area contributed by atoms with Gasteiger partial charge in [0.2, 0.25) is 11.5 Å². The Morgan fingerprint density at radius 2 is 1.84 bits per heavy atom. The van der Waals surface area contributed by atoms with Crippen LogP contribution in [0.1, 0.15) is 5.56 Å². The smallest absolute Gasteiger partial charge is 0.250 e. The number of carbonyl (C=O) groups is 1. The third-order valence-corrected chi connectivity index (χ3v) is 6.17. The zero-order valence-electron chi connectivity index (χ0n) is 20.3. The van der Waals surface area contributed by atoms with Gasteiger partial charge in [-0.3, -0.25) is 14.3 Å². The summed E-state index contributed by atoms with van der Waals surface area (Å²) in [5.41, 5.74) is 4.21. The molecule has 0 saturated carbocycles. The third kappa shape index (κ3) is 5.36. The summed E-state index contributed by atoms with van der Waals surface area (Å²) in [7, 11) is 3.31. The van der Waals surface area contributed by atoms with E-state index in [4.69, 9.17) is 21.6 Å². The van der Waals surface area contributed by atoms with Crippen molar-refractivity contribution in [3.63, 3.8) is 0 Å². The Morgan fingerprint density at radius 3 is 2.62 bits per heavy atom. The molecule has 2 aromatic carbocycles. The second-order valence-corrected chi connectivity index (χ2v) is 9.01. The van der Waals surface area contributed by atoms with Crippen molar-refractivity contribution in [1.29, 1.82) is 0 Å². The molecule has 0 aliphatic carbocycles. The van der Waals surface area contributed by atoms with Crippen molar-refractivity contribution in [2.24, 2.45) is 7.05 Å². The van der Waals surface area contributed by atoms with Crippen LogP contribution in [-0.2, 0) is 24.9 Å². The van der Waals surface area contributed by atoms with Crippen molar-refractivity contribution in [3.05, 3.63) is 94.1 Å². The molecule has 0 saturated heterocycles. The predicted molar refractivity (Wildman–Crippen MR) is 144 cm³/mol. The van der Waals surface area contributed by atoms with Crippen LogP contribution in [0, 0.1) is 0 Å². The van der Waals surface area contributed by atoms with Crippen LogP contribution < -0.4 is 16.2 Å². The van der Waals surface area contributed by atoms with Crippen molar-refractivity contribution in [3.8, 4) is 22.5 Å². The number of pyridine rings is 1. The van der Waals surface area contributed by atoms with Gasteiger partial charge in [0.15, 0.2) is 5.82 Å². The lowest BCUT2D eigenvalue weighted by Crippen LogP contribution is -2.23. The van der Waals surface area contributed by atoms with Gasteiger partial charge in [-0.05, 0) is 47.0 Å². The molecule has 0 radical (unpaired) electrons. The minimum absolute atomic E-state index is 0.0710. The van der Waals surface area contributed by atoms with Gasteiger partial charge < -0.3 is 15.2 Å². The fraction of sp³-hybridized carbons (Fsp3) is 0.148. The summed E-state index contributed by atoms with van der Waals surface area (Å²) in [5.74, 6) is 0.980. The number of nitrogens with one attached hydrogen (secondary N) is 2. The number of benzene rings is 2. The van der Waals surface area contributed by atoms with Gasteiger partial charge in [-0.15, -0.1) is 0 Å². The lowest BCUT2D eigenvalue weighted by atomic mass is 10.0. The fourth-order valence-electron chi connectivity index (χ4n) is 3.96. The molecule has 0 spiro atoms. The van der Waals surface area contributed by atoms with E-state index in [9.17, 15) is 9.59 Å². The number of fused-ring (bicyclic) bond motifs is 1. The molecule has 5 rings (SSSR count). The molecule has 5 aromatic rings. The van der Waals surface area contributed by atoms with E-state index in [2.05, 4.69) is 15.7 Å². The van der Waals surface area contributed by atoms with E-state index in [0.29, 0.717) is 28.8 Å². The first-order chi connectivity index (χ1) is 17.9. The quantitative estimate of drug-likeness (QED) is 0.342. The second-order valence-electron chi connectivity index (χ2n) is 8.58. The van der Waals surface area contributed by atoms with Gasteiger partial charge in [0.1, 0.15) is 12.4 Å². The molecule has 1 amide bonds. The molecule has 0 unspecified atom stereocenters. The van der Waals surface area contributed by atoms with E-state index in [0.717, 1.165) is 27.6 Å². The van der Waals surface area contributed by atoms with Crippen molar-refractivity contribution in [1.82, 2.24) is 29.6 Å². The maximum atomic E-state index is 11.9. The maximum absolute atomic E-state index is 11.9. The monoisotopic (exact) mass is 513 g/mol. The van der Waals surface area contributed by atoms with Crippen LogP contribution in [0.5, 0.6) is 0 Å². The molecule has 2 N–H and O–H groups in total. The average Bonchev–Trinajstić information content (AvgIpc) is 3.37. The van der Waals surface area contributed by atoms with Crippen LogP contribution in [-0.4, -0.2) is 37.3 Å². The van der Waals surface area contributed by atoms with E-state index in [1.54, 1.807) is 54.1 Å². The number of rotatable bonds is 7. The van der Waals surface area contributed by atoms with Gasteiger partial charge in [0.25, 0.3) is 0 Å². The first kappa shape index (κ1) is 24.2. The van der Waals surface area contributed by atoms with Gasteiger partial charge in [-0.25, -0.2) is 9.97 Å². The number of likely N-dealkylation sites (N-methyl/N-ethyl adjacent to an activating group) is 1. The number of aromatic nitrogens is 5. The Bertz CT molecular complexity index is 1680. The minimum atomic E-state index is -0.149. The van der Waals surface area contributed by atoms with Crippen LogP contribution in [0.2, 0.25) is 5.02 Å². The van der Waals surface area contributed by atoms with E-state index >= 15 is 0 Å². The summed E-state index contributed by atoms with van der Waals surface area (Å²) in [4.78, 5) is 33.2. The normalized spacial score (nSPS) is 11.0. The zero-order chi connectivity index (χ0) is 25.9. The Labute approximate surface area is 217 Å². The second kappa shape index (κ2) is 10.2. The van der Waals surface area contributed by atoms with Gasteiger partial charge in [0, 0.05) is 49.5 Å². The number of hydrogen-bond acceptors (Lipinski definition) is 6. The summed E-state index contributed by atoms with van der Waals surface area (Å²) in [5, 5.41) is 11.8. The van der Waals surface area contributed by atoms with E-state index in [1.165, 1.54) is 0 Å². The Morgan fingerprint density at radius 1 is 1.00 bits per heavy atom. The highest BCUT2D eigenvalue weighted by molar-refractivity contribution is 6.30. The Balaban J connectivity index is 1.57. The van der Waals surface area contributed by atoms with Gasteiger partial charge in [0.05, 0.1) is 17.3 Å². The van der Waals surface area contributed by atoms with Crippen molar-refractivity contribution >= 4 is 34.2 Å². The van der Waals surface area contributed by atoms with Crippen LogP contribution in [0.3, 0.4) is 0 Å². The number of aryl methyl sites for hydroxylation is 1.